The van der Waals surface area contributed by atoms with Crippen molar-refractivity contribution < 1.29 is 4.74 Å². The Kier molecular flexibility index (Phi) is 10.5. The van der Waals surface area contributed by atoms with E-state index in [1.807, 2.05) is 74.8 Å². The fraction of sp³-hybridized carbons (Fsp3) is 0.222. The lowest BCUT2D eigenvalue weighted by Crippen LogP contribution is -2.21. The summed E-state index contributed by atoms with van der Waals surface area (Å²) in [5.41, 5.74) is 7.30. The van der Waals surface area contributed by atoms with Gasteiger partial charge in [-0.15, -0.1) is 10.2 Å². The summed E-state index contributed by atoms with van der Waals surface area (Å²) in [6.07, 6.45) is 3.11. The van der Waals surface area contributed by atoms with Crippen molar-refractivity contribution >= 4 is 56.2 Å². The van der Waals surface area contributed by atoms with Crippen LogP contribution in [0, 0.1) is 13.8 Å². The molecule has 0 atom stereocenters. The molecule has 0 saturated heterocycles. The van der Waals surface area contributed by atoms with Gasteiger partial charge in [0.1, 0.15) is 24.3 Å². The van der Waals surface area contributed by atoms with Crippen LogP contribution in [-0.4, -0.2) is 70.4 Å². The first-order valence-corrected chi connectivity index (χ1v) is 15.9. The van der Waals surface area contributed by atoms with Gasteiger partial charge in [0.2, 0.25) is 0 Å². The van der Waals surface area contributed by atoms with Gasteiger partial charge in [0.25, 0.3) is 0 Å². The van der Waals surface area contributed by atoms with Crippen LogP contribution in [0.4, 0.5) is 34.4 Å². The average molecular weight is 655 g/mol. The standard InChI is InChI=1S/C36H38N12O/c1-25-7-5-9-27(19-25)41-35-31-21-29(11-13-33(31)37-23-39-35)43-45-47(3)15-17-49-18-16-48(4)46-44-30-12-14-34-32(22-30)36(40-24-38-34)42-28-10-6-8-26(2)20-28/h5-14,19-24H,15-18H2,1-4H3,(H,37,39,41)(H,38,40,42)/b45-43-,46-44+. The van der Waals surface area contributed by atoms with E-state index in [0.717, 1.165) is 44.3 Å². The van der Waals surface area contributed by atoms with Crippen LogP contribution in [-0.2, 0) is 4.74 Å². The lowest BCUT2D eigenvalue weighted by atomic mass is 10.2. The van der Waals surface area contributed by atoms with Crippen LogP contribution in [0.25, 0.3) is 21.8 Å². The van der Waals surface area contributed by atoms with Crippen molar-refractivity contribution in [1.29, 1.82) is 0 Å². The molecule has 0 bridgehead atoms. The molecule has 0 unspecified atom stereocenters. The number of hydrogen-bond donors (Lipinski definition) is 2. The number of nitrogens with one attached hydrogen (secondary N) is 2. The molecule has 2 N–H and O–H groups in total. The Hall–Kier alpha value is -6.08. The van der Waals surface area contributed by atoms with Crippen LogP contribution in [0.2, 0.25) is 0 Å². The van der Waals surface area contributed by atoms with Crippen LogP contribution in [0.3, 0.4) is 0 Å². The lowest BCUT2D eigenvalue weighted by Gasteiger charge is -2.14. The molecule has 2 heterocycles. The first-order chi connectivity index (χ1) is 23.9. The highest BCUT2D eigenvalue weighted by molar-refractivity contribution is 5.93. The molecule has 13 heteroatoms. The first-order valence-electron chi connectivity index (χ1n) is 15.9. The van der Waals surface area contributed by atoms with Crippen molar-refractivity contribution in [2.45, 2.75) is 13.8 Å². The summed E-state index contributed by atoms with van der Waals surface area (Å²) in [4.78, 5) is 17.7. The third-order valence-electron chi connectivity index (χ3n) is 7.54. The van der Waals surface area contributed by atoms with Gasteiger partial charge in [-0.3, -0.25) is 10.0 Å². The Bertz CT molecular complexity index is 1950. The second kappa shape index (κ2) is 15.7. The fourth-order valence-corrected chi connectivity index (χ4v) is 4.97. The summed E-state index contributed by atoms with van der Waals surface area (Å²) in [5, 5.41) is 29.5. The molecule has 0 saturated carbocycles. The number of hydrogen-bond acceptors (Lipinski definition) is 11. The third-order valence-corrected chi connectivity index (χ3v) is 7.54. The minimum Gasteiger partial charge on any atom is -0.378 e. The average Bonchev–Trinajstić information content (AvgIpc) is 3.10. The monoisotopic (exact) mass is 654 g/mol. The van der Waals surface area contributed by atoms with Gasteiger partial charge in [-0.25, -0.2) is 19.9 Å². The second-order valence-electron chi connectivity index (χ2n) is 11.6. The van der Waals surface area contributed by atoms with Crippen molar-refractivity contribution in [1.82, 2.24) is 30.0 Å². The highest BCUT2D eigenvalue weighted by atomic mass is 16.5. The number of benzene rings is 4. The molecule has 248 valence electrons. The van der Waals surface area contributed by atoms with Crippen molar-refractivity contribution in [2.75, 3.05) is 51.0 Å². The van der Waals surface area contributed by atoms with E-state index in [4.69, 9.17) is 4.74 Å². The smallest absolute Gasteiger partial charge is 0.141 e. The summed E-state index contributed by atoms with van der Waals surface area (Å²) in [5.74, 6) is 1.43. The van der Waals surface area contributed by atoms with Crippen molar-refractivity contribution in [2.24, 2.45) is 20.7 Å². The van der Waals surface area contributed by atoms with Gasteiger partial charge in [-0.05, 0) is 85.6 Å². The lowest BCUT2D eigenvalue weighted by molar-refractivity contribution is 0.0924. The minimum atomic E-state index is 0.484. The Morgan fingerprint density at radius 2 is 1.06 bits per heavy atom. The summed E-state index contributed by atoms with van der Waals surface area (Å²) >= 11 is 0. The van der Waals surface area contributed by atoms with Gasteiger partial charge < -0.3 is 15.4 Å². The predicted octanol–water partition coefficient (Wildman–Crippen LogP) is 8.25. The summed E-state index contributed by atoms with van der Waals surface area (Å²) < 4.78 is 5.82. The van der Waals surface area contributed by atoms with Crippen molar-refractivity contribution in [3.05, 3.63) is 109 Å². The first kappa shape index (κ1) is 32.8. The number of nitrogens with zero attached hydrogens (tertiary/aromatic N) is 10. The van der Waals surface area contributed by atoms with Gasteiger partial charge in [-0.2, -0.15) is 0 Å². The summed E-state index contributed by atoms with van der Waals surface area (Å²) in [6, 6.07) is 27.7. The van der Waals surface area contributed by atoms with E-state index in [-0.39, 0.29) is 0 Å². The maximum Gasteiger partial charge on any atom is 0.141 e. The van der Waals surface area contributed by atoms with Crippen molar-refractivity contribution in [3.63, 3.8) is 0 Å². The van der Waals surface area contributed by atoms with Crippen LogP contribution in [0.1, 0.15) is 11.1 Å². The number of rotatable bonds is 14. The SMILES string of the molecule is Cc1cccc(Nc2ncnc3ccc(/N=N\N(C)CCOCCN(C)/N=N/c4ccc5ncnc(Nc6cccc(C)c6)c5c4)cc23)c1. The van der Waals surface area contributed by atoms with Crippen LogP contribution >= 0.6 is 0 Å². The van der Waals surface area contributed by atoms with Crippen LogP contribution in [0.5, 0.6) is 0 Å². The largest absolute Gasteiger partial charge is 0.378 e. The molecule has 2 aromatic heterocycles. The van der Waals surface area contributed by atoms with Gasteiger partial charge in [0.15, 0.2) is 0 Å². The van der Waals surface area contributed by atoms with Gasteiger partial charge in [0.05, 0.1) is 48.7 Å². The molecule has 0 aliphatic rings. The molecule has 0 aliphatic carbocycles. The molecule has 0 aliphatic heterocycles. The zero-order valence-electron chi connectivity index (χ0n) is 27.9. The Balaban J connectivity index is 0.964. The highest BCUT2D eigenvalue weighted by Gasteiger charge is 2.08. The summed E-state index contributed by atoms with van der Waals surface area (Å²) in [6.45, 7) is 6.22. The zero-order chi connectivity index (χ0) is 34.0. The van der Waals surface area contributed by atoms with Gasteiger partial charge in [0, 0.05) is 36.2 Å². The van der Waals surface area contributed by atoms with E-state index >= 15 is 0 Å². The number of aromatic nitrogens is 4. The van der Waals surface area contributed by atoms with Gasteiger partial charge in [-0.1, -0.05) is 34.7 Å². The predicted molar refractivity (Wildman–Crippen MR) is 193 cm³/mol. The third kappa shape index (κ3) is 9.05. The van der Waals surface area contributed by atoms with E-state index < -0.39 is 0 Å². The highest BCUT2D eigenvalue weighted by Crippen LogP contribution is 2.29. The molecule has 0 radical (unpaired) electrons. The molecule has 6 rings (SSSR count). The number of aryl methyl sites for hydroxylation is 2. The van der Waals surface area contributed by atoms with Crippen LogP contribution in [0.15, 0.2) is 118 Å². The number of ether oxygens (including phenoxy) is 1. The topological polar surface area (TPSA) is 141 Å². The zero-order valence-corrected chi connectivity index (χ0v) is 27.9. The van der Waals surface area contributed by atoms with Crippen LogP contribution < -0.4 is 10.6 Å². The molecule has 6 aromatic rings. The maximum absolute atomic E-state index is 5.82. The fourth-order valence-electron chi connectivity index (χ4n) is 4.97. The molecular weight excluding hydrogens is 616 g/mol. The molecule has 0 spiro atoms. The van der Waals surface area contributed by atoms with E-state index in [9.17, 15) is 0 Å². The molecule has 4 aromatic carbocycles. The Morgan fingerprint density at radius 3 is 1.51 bits per heavy atom. The summed E-state index contributed by atoms with van der Waals surface area (Å²) in [7, 11) is 3.72. The second-order valence-corrected chi connectivity index (χ2v) is 11.6. The molecule has 49 heavy (non-hydrogen) atoms. The Morgan fingerprint density at radius 1 is 0.592 bits per heavy atom. The van der Waals surface area contributed by atoms with Gasteiger partial charge >= 0.3 is 0 Å². The number of fused-ring (bicyclic) bond motifs is 2. The van der Waals surface area contributed by atoms with Crippen molar-refractivity contribution in [3.8, 4) is 0 Å². The Labute approximate surface area is 284 Å². The minimum absolute atomic E-state index is 0.484. The molecule has 0 amide bonds. The molecule has 13 nitrogen and oxygen atoms in total. The number of likely N-dealkylation sites (N-methyl/N-ethyl adjacent to an activating group) is 2. The van der Waals surface area contributed by atoms with E-state index in [0.29, 0.717) is 49.3 Å². The number of anilines is 4. The van der Waals surface area contributed by atoms with E-state index in [1.165, 1.54) is 0 Å². The van der Waals surface area contributed by atoms with E-state index in [1.54, 1.807) is 22.7 Å². The molecule has 0 fully saturated rings. The normalized spacial score (nSPS) is 11.5. The maximum atomic E-state index is 5.82. The van der Waals surface area contributed by atoms with E-state index in [2.05, 4.69) is 89.4 Å². The molecular formula is C36H38N12O. The quantitative estimate of drug-likeness (QED) is 0.0674.